The number of methoxy groups -OCH3 is 1. The number of carbonyl (C=O) groups is 1. The highest BCUT2D eigenvalue weighted by molar-refractivity contribution is 7.92. The number of anilines is 2. The maximum Gasteiger partial charge on any atom is 0.264 e. The van der Waals surface area contributed by atoms with Crippen molar-refractivity contribution in [1.82, 2.24) is 0 Å². The van der Waals surface area contributed by atoms with Gasteiger partial charge in [0.1, 0.15) is 11.5 Å². The molecule has 3 aromatic rings. The highest BCUT2D eigenvalue weighted by Gasteiger charge is 2.25. The lowest BCUT2D eigenvalue weighted by Crippen LogP contribution is -2.30. The van der Waals surface area contributed by atoms with Gasteiger partial charge in [0.25, 0.3) is 10.0 Å². The Morgan fingerprint density at radius 1 is 1.13 bits per heavy atom. The van der Waals surface area contributed by atoms with Crippen molar-refractivity contribution in [3.63, 3.8) is 0 Å². The number of rotatable bonds is 8. The minimum atomic E-state index is -3.84. The maximum atomic E-state index is 13.2. The molecule has 156 valence electrons. The zero-order valence-electron chi connectivity index (χ0n) is 16.6. The third kappa shape index (κ3) is 4.72. The molecule has 0 aliphatic rings. The molecule has 0 radical (unpaired) electrons. The molecule has 0 atom stereocenters. The smallest absolute Gasteiger partial charge is 0.264 e. The molecule has 7 nitrogen and oxygen atoms in total. The van der Waals surface area contributed by atoms with Gasteiger partial charge in [-0.25, -0.2) is 8.42 Å². The van der Waals surface area contributed by atoms with Crippen molar-refractivity contribution < 1.29 is 22.4 Å². The SMILES string of the molecule is CCN(c1ccccc1)S(=O)(=O)c1ccc(OC)c(NC(=O)/C=C/c2ccco2)c1. The van der Waals surface area contributed by atoms with Gasteiger partial charge < -0.3 is 14.5 Å². The van der Waals surface area contributed by atoms with E-state index < -0.39 is 15.9 Å². The normalized spacial score (nSPS) is 11.4. The van der Waals surface area contributed by atoms with Crippen LogP contribution in [0.15, 0.2) is 82.3 Å². The summed E-state index contributed by atoms with van der Waals surface area (Å²) in [6, 6.07) is 16.6. The first-order valence-electron chi connectivity index (χ1n) is 9.24. The number of carbonyl (C=O) groups excluding carboxylic acids is 1. The van der Waals surface area contributed by atoms with Gasteiger partial charge >= 0.3 is 0 Å². The van der Waals surface area contributed by atoms with Crippen LogP contribution in [0, 0.1) is 0 Å². The molecular weight excluding hydrogens is 404 g/mol. The molecule has 0 saturated heterocycles. The summed E-state index contributed by atoms with van der Waals surface area (Å²) in [5, 5.41) is 2.66. The Morgan fingerprint density at radius 3 is 2.53 bits per heavy atom. The first kappa shape index (κ1) is 21.2. The van der Waals surface area contributed by atoms with Crippen molar-refractivity contribution in [1.29, 1.82) is 0 Å². The molecule has 3 rings (SSSR count). The number of ether oxygens (including phenoxy) is 1. The van der Waals surface area contributed by atoms with E-state index in [-0.39, 0.29) is 17.1 Å². The van der Waals surface area contributed by atoms with Gasteiger partial charge in [-0.1, -0.05) is 18.2 Å². The van der Waals surface area contributed by atoms with Gasteiger partial charge in [-0.2, -0.15) is 0 Å². The maximum absolute atomic E-state index is 13.2. The van der Waals surface area contributed by atoms with Gasteiger partial charge in [0, 0.05) is 12.6 Å². The second-order valence-electron chi connectivity index (χ2n) is 6.21. The van der Waals surface area contributed by atoms with Gasteiger partial charge in [0.15, 0.2) is 0 Å². The van der Waals surface area contributed by atoms with Crippen LogP contribution in [-0.4, -0.2) is 28.0 Å². The summed E-state index contributed by atoms with van der Waals surface area (Å²) in [7, 11) is -2.40. The lowest BCUT2D eigenvalue weighted by Gasteiger charge is -2.23. The number of nitrogens with zero attached hydrogens (tertiary/aromatic N) is 1. The molecule has 1 amide bonds. The summed E-state index contributed by atoms with van der Waals surface area (Å²) in [4.78, 5) is 12.3. The lowest BCUT2D eigenvalue weighted by molar-refractivity contribution is -0.111. The number of benzene rings is 2. The van der Waals surface area contributed by atoms with Crippen LogP contribution in [0.5, 0.6) is 5.75 Å². The molecule has 1 aromatic heterocycles. The third-order valence-corrected chi connectivity index (χ3v) is 6.19. The monoisotopic (exact) mass is 426 g/mol. The zero-order chi connectivity index (χ0) is 21.6. The van der Waals surface area contributed by atoms with Gasteiger partial charge in [-0.05, 0) is 55.5 Å². The molecule has 0 aliphatic heterocycles. The van der Waals surface area contributed by atoms with Crippen molar-refractivity contribution in [2.24, 2.45) is 0 Å². The number of furan rings is 1. The highest BCUT2D eigenvalue weighted by Crippen LogP contribution is 2.30. The van der Waals surface area contributed by atoms with Crippen molar-refractivity contribution >= 4 is 33.4 Å². The molecule has 0 saturated carbocycles. The molecule has 0 spiro atoms. The van der Waals surface area contributed by atoms with E-state index in [1.165, 1.54) is 48.0 Å². The average molecular weight is 426 g/mol. The van der Waals surface area contributed by atoms with Gasteiger partial charge in [-0.15, -0.1) is 0 Å². The van der Waals surface area contributed by atoms with Gasteiger partial charge in [0.2, 0.25) is 5.91 Å². The van der Waals surface area contributed by atoms with Crippen molar-refractivity contribution in [2.75, 3.05) is 23.3 Å². The standard InChI is InChI=1S/C22H22N2O5S/c1-3-24(17-8-5-4-6-9-17)30(26,27)19-12-13-21(28-2)20(16-19)23-22(25)14-11-18-10-7-15-29-18/h4-16H,3H2,1-2H3,(H,23,25)/b14-11+. The largest absolute Gasteiger partial charge is 0.495 e. The van der Waals surface area contributed by atoms with Crippen molar-refractivity contribution in [3.8, 4) is 5.75 Å². The van der Waals surface area contributed by atoms with Crippen LogP contribution in [-0.2, 0) is 14.8 Å². The van der Waals surface area contributed by atoms with Crippen LogP contribution in [0.4, 0.5) is 11.4 Å². The van der Waals surface area contributed by atoms with Crippen molar-refractivity contribution in [2.45, 2.75) is 11.8 Å². The lowest BCUT2D eigenvalue weighted by atomic mass is 10.3. The molecule has 2 aromatic carbocycles. The fraction of sp³-hybridized carbons (Fsp3) is 0.136. The topological polar surface area (TPSA) is 88.9 Å². The number of hydrogen-bond donors (Lipinski definition) is 1. The molecular formula is C22H22N2O5S. The first-order valence-corrected chi connectivity index (χ1v) is 10.7. The summed E-state index contributed by atoms with van der Waals surface area (Å²) < 4.78 is 38.2. The van der Waals surface area contributed by atoms with Crippen LogP contribution < -0.4 is 14.4 Å². The van der Waals surface area contributed by atoms with E-state index in [1.807, 2.05) is 6.07 Å². The number of sulfonamides is 1. The Morgan fingerprint density at radius 2 is 1.90 bits per heavy atom. The molecule has 1 heterocycles. The van der Waals surface area contributed by atoms with Crippen LogP contribution >= 0.6 is 0 Å². The zero-order valence-corrected chi connectivity index (χ0v) is 17.4. The Bertz CT molecular complexity index is 1120. The Hall–Kier alpha value is -3.52. The molecule has 30 heavy (non-hydrogen) atoms. The van der Waals surface area contributed by atoms with Gasteiger partial charge in [0.05, 0.1) is 29.6 Å². The second-order valence-corrected chi connectivity index (χ2v) is 8.07. The average Bonchev–Trinajstić information content (AvgIpc) is 3.27. The van der Waals surface area contributed by atoms with E-state index in [0.29, 0.717) is 17.2 Å². The number of para-hydroxylation sites is 1. The molecule has 0 unspecified atom stereocenters. The summed E-state index contributed by atoms with van der Waals surface area (Å²) in [5.74, 6) is 0.418. The predicted molar refractivity (Wildman–Crippen MR) is 116 cm³/mol. The van der Waals surface area contributed by atoms with Crippen LogP contribution in [0.2, 0.25) is 0 Å². The third-order valence-electron chi connectivity index (χ3n) is 4.29. The molecule has 0 bridgehead atoms. The van der Waals surface area contributed by atoms with E-state index in [2.05, 4.69) is 5.32 Å². The Kier molecular flexibility index (Phi) is 6.58. The number of amides is 1. The molecule has 1 N–H and O–H groups in total. The van der Waals surface area contributed by atoms with E-state index in [1.54, 1.807) is 43.3 Å². The van der Waals surface area contributed by atoms with Crippen molar-refractivity contribution in [3.05, 3.63) is 78.8 Å². The molecule has 0 aliphatic carbocycles. The van der Waals surface area contributed by atoms with Gasteiger partial charge in [-0.3, -0.25) is 9.10 Å². The molecule has 8 heteroatoms. The minimum Gasteiger partial charge on any atom is -0.495 e. The minimum absolute atomic E-state index is 0.0410. The van der Waals surface area contributed by atoms with E-state index in [9.17, 15) is 13.2 Å². The van der Waals surface area contributed by atoms with Crippen LogP contribution in [0.1, 0.15) is 12.7 Å². The van der Waals surface area contributed by atoms with E-state index in [4.69, 9.17) is 9.15 Å². The quantitative estimate of drug-likeness (QED) is 0.547. The van der Waals surface area contributed by atoms with Crippen LogP contribution in [0.3, 0.4) is 0 Å². The van der Waals surface area contributed by atoms with Crippen LogP contribution in [0.25, 0.3) is 6.08 Å². The van der Waals surface area contributed by atoms with E-state index in [0.717, 1.165) is 0 Å². The van der Waals surface area contributed by atoms with E-state index >= 15 is 0 Å². The summed E-state index contributed by atoms with van der Waals surface area (Å²) in [5.41, 5.74) is 0.805. The summed E-state index contributed by atoms with van der Waals surface area (Å²) in [6.45, 7) is 2.02. The fourth-order valence-electron chi connectivity index (χ4n) is 2.88. The fourth-order valence-corrected chi connectivity index (χ4v) is 4.38. The number of nitrogens with one attached hydrogen (secondary N) is 1. The molecule has 0 fully saturated rings. The predicted octanol–water partition coefficient (Wildman–Crippen LogP) is 4.16. The first-order chi connectivity index (χ1) is 14.5. The Labute approximate surface area is 175 Å². The number of hydrogen-bond acceptors (Lipinski definition) is 5. The highest BCUT2D eigenvalue weighted by atomic mass is 32.2. The summed E-state index contributed by atoms with van der Waals surface area (Å²) >= 11 is 0. The summed E-state index contributed by atoms with van der Waals surface area (Å²) in [6.07, 6.45) is 4.31. The Balaban J connectivity index is 1.90. The second kappa shape index (κ2) is 9.32.